The lowest BCUT2D eigenvalue weighted by Gasteiger charge is -2.17. The summed E-state index contributed by atoms with van der Waals surface area (Å²) in [6, 6.07) is 25.7. The highest BCUT2D eigenvalue weighted by Gasteiger charge is 2.18. The molecular formula is C24H23N5OS. The maximum Gasteiger partial charge on any atom is 0.232 e. The summed E-state index contributed by atoms with van der Waals surface area (Å²) in [5.74, 6) is 1.09. The second kappa shape index (κ2) is 10.0. The first-order chi connectivity index (χ1) is 15.2. The van der Waals surface area contributed by atoms with Crippen LogP contribution in [0.1, 0.15) is 5.69 Å². The summed E-state index contributed by atoms with van der Waals surface area (Å²) in [5.41, 5.74) is 2.92. The molecule has 0 spiro atoms. The zero-order chi connectivity index (χ0) is 21.5. The molecule has 7 heteroatoms. The van der Waals surface area contributed by atoms with E-state index in [4.69, 9.17) is 0 Å². The van der Waals surface area contributed by atoms with Gasteiger partial charge >= 0.3 is 0 Å². The molecule has 2 heterocycles. The number of thioether (sulfide) groups is 1. The quantitative estimate of drug-likeness (QED) is 0.394. The zero-order valence-electron chi connectivity index (χ0n) is 17.3. The summed E-state index contributed by atoms with van der Waals surface area (Å²) in [4.78, 5) is 18.7. The summed E-state index contributed by atoms with van der Waals surface area (Å²) in [6.07, 6.45) is 2.50. The summed E-state index contributed by atoms with van der Waals surface area (Å²) >= 11 is 1.40. The Balaban J connectivity index is 1.48. The number of hydrogen-bond acceptors (Lipinski definition) is 5. The number of likely N-dealkylation sites (N-methyl/N-ethyl adjacent to an activating group) is 1. The first-order valence-corrected chi connectivity index (χ1v) is 11.0. The molecule has 6 nitrogen and oxygen atoms in total. The molecule has 0 saturated heterocycles. The van der Waals surface area contributed by atoms with Gasteiger partial charge in [0.05, 0.1) is 5.75 Å². The topological polar surface area (TPSA) is 63.9 Å². The van der Waals surface area contributed by atoms with Gasteiger partial charge in [-0.25, -0.2) is 0 Å². The van der Waals surface area contributed by atoms with E-state index in [9.17, 15) is 4.79 Å². The molecule has 4 rings (SSSR count). The molecule has 31 heavy (non-hydrogen) atoms. The first kappa shape index (κ1) is 20.8. The number of aromatic nitrogens is 4. The summed E-state index contributed by atoms with van der Waals surface area (Å²) < 4.78 is 2.00. The van der Waals surface area contributed by atoms with Gasteiger partial charge < -0.3 is 4.90 Å². The van der Waals surface area contributed by atoms with Gasteiger partial charge in [0.1, 0.15) is 0 Å². The Morgan fingerprint density at radius 1 is 0.935 bits per heavy atom. The molecule has 0 bridgehead atoms. The number of carbonyl (C=O) groups is 1. The molecule has 0 saturated carbocycles. The zero-order valence-corrected chi connectivity index (χ0v) is 18.1. The Morgan fingerprint density at radius 3 is 2.35 bits per heavy atom. The Hall–Kier alpha value is -3.45. The predicted octanol–water partition coefficient (Wildman–Crippen LogP) is 4.12. The number of carbonyl (C=O) groups excluding carboxylic acids is 1. The lowest BCUT2D eigenvalue weighted by Crippen LogP contribution is -2.30. The van der Waals surface area contributed by atoms with E-state index in [0.29, 0.717) is 17.5 Å². The fourth-order valence-electron chi connectivity index (χ4n) is 3.14. The molecule has 0 radical (unpaired) electrons. The molecule has 0 aliphatic heterocycles. The largest absolute Gasteiger partial charge is 0.345 e. The number of nitrogens with zero attached hydrogens (tertiary/aromatic N) is 5. The summed E-state index contributed by atoms with van der Waals surface area (Å²) in [5, 5.41) is 9.50. The molecule has 0 N–H and O–H groups in total. The average Bonchev–Trinajstić information content (AvgIpc) is 3.26. The molecule has 1 amide bonds. The van der Waals surface area contributed by atoms with E-state index in [1.54, 1.807) is 11.1 Å². The van der Waals surface area contributed by atoms with Gasteiger partial charge in [0.15, 0.2) is 11.0 Å². The van der Waals surface area contributed by atoms with Gasteiger partial charge in [-0.15, -0.1) is 10.2 Å². The van der Waals surface area contributed by atoms with Crippen LogP contribution in [0.25, 0.3) is 17.1 Å². The van der Waals surface area contributed by atoms with Crippen LogP contribution in [0, 0.1) is 0 Å². The van der Waals surface area contributed by atoms with Crippen molar-refractivity contribution < 1.29 is 4.79 Å². The Kier molecular flexibility index (Phi) is 6.74. The van der Waals surface area contributed by atoms with Crippen LogP contribution in [-0.2, 0) is 11.2 Å². The molecule has 2 aromatic heterocycles. The third-order valence-corrected chi connectivity index (χ3v) is 5.77. The van der Waals surface area contributed by atoms with Crippen LogP contribution in [-0.4, -0.2) is 49.9 Å². The van der Waals surface area contributed by atoms with E-state index in [1.807, 2.05) is 90.5 Å². The SMILES string of the molecule is CN(CCc1ccccn1)C(=O)CSc1nnc(-c2ccccc2)n1-c1ccccc1. The first-order valence-electron chi connectivity index (χ1n) is 10.1. The average molecular weight is 430 g/mol. The third-order valence-electron chi connectivity index (χ3n) is 4.86. The van der Waals surface area contributed by atoms with Crippen molar-refractivity contribution >= 4 is 17.7 Å². The van der Waals surface area contributed by atoms with E-state index >= 15 is 0 Å². The Morgan fingerprint density at radius 2 is 1.65 bits per heavy atom. The van der Waals surface area contributed by atoms with Gasteiger partial charge in [0, 0.05) is 43.2 Å². The van der Waals surface area contributed by atoms with Crippen molar-refractivity contribution in [3.8, 4) is 17.1 Å². The van der Waals surface area contributed by atoms with Crippen molar-refractivity contribution in [2.75, 3.05) is 19.3 Å². The van der Waals surface area contributed by atoms with Crippen LogP contribution >= 0.6 is 11.8 Å². The highest BCUT2D eigenvalue weighted by atomic mass is 32.2. The van der Waals surface area contributed by atoms with Crippen LogP contribution in [0.4, 0.5) is 0 Å². The number of benzene rings is 2. The second-order valence-corrected chi connectivity index (χ2v) is 7.96. The van der Waals surface area contributed by atoms with E-state index in [1.165, 1.54) is 11.8 Å². The van der Waals surface area contributed by atoms with Crippen LogP contribution in [0.5, 0.6) is 0 Å². The molecule has 0 aliphatic rings. The summed E-state index contributed by atoms with van der Waals surface area (Å²) in [7, 11) is 1.82. The number of rotatable bonds is 8. The van der Waals surface area contributed by atoms with Gasteiger partial charge in [-0.05, 0) is 24.3 Å². The molecule has 0 aliphatic carbocycles. The molecule has 0 fully saturated rings. The number of hydrogen-bond donors (Lipinski definition) is 0. The molecule has 4 aromatic rings. The minimum atomic E-state index is 0.0461. The van der Waals surface area contributed by atoms with Crippen LogP contribution in [0.2, 0.25) is 0 Å². The standard InChI is InChI=1S/C24H23N5OS/c1-28(17-15-20-12-8-9-16-25-20)22(30)18-31-24-27-26-23(19-10-4-2-5-11-19)29(24)21-13-6-3-7-14-21/h2-14,16H,15,17-18H2,1H3. The fraction of sp³-hybridized carbons (Fsp3) is 0.167. The van der Waals surface area contributed by atoms with Gasteiger partial charge in [0.25, 0.3) is 0 Å². The highest BCUT2D eigenvalue weighted by molar-refractivity contribution is 7.99. The maximum atomic E-state index is 12.7. The minimum absolute atomic E-state index is 0.0461. The van der Waals surface area contributed by atoms with Gasteiger partial charge in [-0.3, -0.25) is 14.3 Å². The predicted molar refractivity (Wildman–Crippen MR) is 123 cm³/mol. The van der Waals surface area contributed by atoms with E-state index in [-0.39, 0.29) is 5.91 Å². The molecule has 0 atom stereocenters. The number of amides is 1. The molecule has 0 unspecified atom stereocenters. The van der Waals surface area contributed by atoms with Crippen molar-refractivity contribution in [2.24, 2.45) is 0 Å². The lowest BCUT2D eigenvalue weighted by atomic mass is 10.2. The van der Waals surface area contributed by atoms with Crippen LogP contribution < -0.4 is 0 Å². The minimum Gasteiger partial charge on any atom is -0.345 e. The highest BCUT2D eigenvalue weighted by Crippen LogP contribution is 2.27. The second-order valence-electron chi connectivity index (χ2n) is 7.02. The van der Waals surface area contributed by atoms with E-state index < -0.39 is 0 Å². The normalized spacial score (nSPS) is 10.7. The molecule has 2 aromatic carbocycles. The van der Waals surface area contributed by atoms with Crippen molar-refractivity contribution in [1.82, 2.24) is 24.6 Å². The fourth-order valence-corrected chi connectivity index (χ4v) is 4.03. The van der Waals surface area contributed by atoms with Crippen LogP contribution in [0.15, 0.2) is 90.2 Å². The summed E-state index contributed by atoms with van der Waals surface area (Å²) in [6.45, 7) is 0.622. The van der Waals surface area contributed by atoms with Gasteiger partial charge in [0.2, 0.25) is 5.91 Å². The Bertz CT molecular complexity index is 1120. The lowest BCUT2D eigenvalue weighted by molar-refractivity contribution is -0.127. The van der Waals surface area contributed by atoms with Gasteiger partial charge in [-0.1, -0.05) is 66.4 Å². The van der Waals surface area contributed by atoms with Crippen molar-refractivity contribution in [3.63, 3.8) is 0 Å². The van der Waals surface area contributed by atoms with E-state index in [0.717, 1.165) is 29.2 Å². The maximum absolute atomic E-state index is 12.7. The van der Waals surface area contributed by atoms with Gasteiger partial charge in [-0.2, -0.15) is 0 Å². The third kappa shape index (κ3) is 5.19. The molecular weight excluding hydrogens is 406 g/mol. The number of pyridine rings is 1. The van der Waals surface area contributed by atoms with Crippen molar-refractivity contribution in [2.45, 2.75) is 11.6 Å². The van der Waals surface area contributed by atoms with Crippen molar-refractivity contribution in [1.29, 1.82) is 0 Å². The van der Waals surface area contributed by atoms with Crippen LogP contribution in [0.3, 0.4) is 0 Å². The van der Waals surface area contributed by atoms with E-state index in [2.05, 4.69) is 15.2 Å². The monoisotopic (exact) mass is 429 g/mol. The molecule has 156 valence electrons. The van der Waals surface area contributed by atoms with Crippen molar-refractivity contribution in [3.05, 3.63) is 90.8 Å². The smallest absolute Gasteiger partial charge is 0.232 e. The number of para-hydroxylation sites is 1. The Labute approximate surface area is 186 Å².